The molecule has 182 valence electrons. The number of rotatable bonds is 6. The minimum absolute atomic E-state index is 0.0732. The van der Waals surface area contributed by atoms with Crippen LogP contribution in [-0.4, -0.2) is 83.4 Å². The van der Waals surface area contributed by atoms with E-state index in [-0.39, 0.29) is 11.8 Å². The maximum Gasteiger partial charge on any atom is 0.254 e. The Balaban J connectivity index is 1.91. The number of morpholine rings is 1. The molecular formula is C25H30N2O7. The third kappa shape index (κ3) is 4.00. The van der Waals surface area contributed by atoms with Crippen LogP contribution >= 0.6 is 0 Å². The summed E-state index contributed by atoms with van der Waals surface area (Å²) in [5.41, 5.74) is 1.79. The molecule has 2 aliphatic heterocycles. The molecule has 0 aliphatic carbocycles. The van der Waals surface area contributed by atoms with E-state index in [1.807, 2.05) is 12.1 Å². The summed E-state index contributed by atoms with van der Waals surface area (Å²) in [6.07, 6.45) is 0. The molecule has 0 unspecified atom stereocenters. The van der Waals surface area contributed by atoms with Crippen LogP contribution in [0.5, 0.6) is 23.0 Å². The van der Waals surface area contributed by atoms with Crippen molar-refractivity contribution >= 4 is 11.8 Å². The smallest absolute Gasteiger partial charge is 0.254 e. The minimum atomic E-state index is -0.659. The zero-order valence-electron chi connectivity index (χ0n) is 20.1. The largest absolute Gasteiger partial charge is 0.493 e. The Labute approximate surface area is 199 Å². The van der Waals surface area contributed by atoms with Crippen LogP contribution < -0.4 is 18.9 Å². The Kier molecular flexibility index (Phi) is 6.83. The van der Waals surface area contributed by atoms with Crippen LogP contribution in [0.25, 0.3) is 0 Å². The van der Waals surface area contributed by atoms with Crippen molar-refractivity contribution in [1.82, 2.24) is 9.80 Å². The number of fused-ring (bicyclic) bond motifs is 1. The van der Waals surface area contributed by atoms with Gasteiger partial charge in [-0.2, -0.15) is 0 Å². The molecule has 34 heavy (non-hydrogen) atoms. The molecule has 2 heterocycles. The lowest BCUT2D eigenvalue weighted by molar-refractivity contribution is -0.138. The van der Waals surface area contributed by atoms with Gasteiger partial charge >= 0.3 is 0 Å². The standard InChI is InChI=1S/C25H30N2O7/c1-26-23(15-6-7-18(30-2)19(12-15)31-3)22(25(29)27-8-10-34-11-9-27)16-13-20(32-4)21(33-5)14-17(16)24(26)28/h6-7,12-14,22-23H,8-11H2,1-5H3/t22-,23-/m0/s1. The van der Waals surface area contributed by atoms with Gasteiger partial charge in [-0.1, -0.05) is 6.07 Å². The summed E-state index contributed by atoms with van der Waals surface area (Å²) in [7, 11) is 7.88. The number of ether oxygens (including phenoxy) is 5. The highest BCUT2D eigenvalue weighted by molar-refractivity contribution is 6.02. The van der Waals surface area contributed by atoms with Crippen LogP contribution in [0.4, 0.5) is 0 Å². The molecule has 0 aromatic heterocycles. The summed E-state index contributed by atoms with van der Waals surface area (Å²) in [4.78, 5) is 30.9. The van der Waals surface area contributed by atoms with Crippen molar-refractivity contribution in [3.8, 4) is 23.0 Å². The van der Waals surface area contributed by atoms with E-state index in [2.05, 4.69) is 0 Å². The van der Waals surface area contributed by atoms with Crippen molar-refractivity contribution in [3.63, 3.8) is 0 Å². The number of methoxy groups -OCH3 is 4. The monoisotopic (exact) mass is 470 g/mol. The third-order valence-electron chi connectivity index (χ3n) is 6.51. The first-order chi connectivity index (χ1) is 16.4. The van der Waals surface area contributed by atoms with Crippen molar-refractivity contribution in [3.05, 3.63) is 47.0 Å². The van der Waals surface area contributed by atoms with Gasteiger partial charge in [-0.3, -0.25) is 9.59 Å². The van der Waals surface area contributed by atoms with Gasteiger partial charge in [-0.25, -0.2) is 0 Å². The first-order valence-corrected chi connectivity index (χ1v) is 11.1. The highest BCUT2D eigenvalue weighted by Gasteiger charge is 2.45. The molecule has 0 radical (unpaired) electrons. The Morgan fingerprint density at radius 1 is 0.882 bits per heavy atom. The molecule has 1 fully saturated rings. The number of benzene rings is 2. The fraction of sp³-hybridized carbons (Fsp3) is 0.440. The van der Waals surface area contributed by atoms with Crippen LogP contribution in [0.1, 0.15) is 33.4 Å². The van der Waals surface area contributed by atoms with Crippen LogP contribution in [0.2, 0.25) is 0 Å². The maximum atomic E-state index is 14.0. The lowest BCUT2D eigenvalue weighted by Gasteiger charge is -2.42. The van der Waals surface area contributed by atoms with Gasteiger partial charge in [-0.15, -0.1) is 0 Å². The topological polar surface area (TPSA) is 86.8 Å². The van der Waals surface area contributed by atoms with E-state index in [0.717, 1.165) is 5.56 Å². The minimum Gasteiger partial charge on any atom is -0.493 e. The summed E-state index contributed by atoms with van der Waals surface area (Å²) in [5.74, 6) is 1.05. The Morgan fingerprint density at radius 3 is 2.09 bits per heavy atom. The second-order valence-electron chi connectivity index (χ2n) is 8.19. The molecule has 2 atom stereocenters. The predicted molar refractivity (Wildman–Crippen MR) is 124 cm³/mol. The van der Waals surface area contributed by atoms with Gasteiger partial charge in [0.05, 0.1) is 53.6 Å². The van der Waals surface area contributed by atoms with E-state index in [9.17, 15) is 9.59 Å². The summed E-state index contributed by atoms with van der Waals surface area (Å²) in [6.45, 7) is 1.95. The second kappa shape index (κ2) is 9.80. The normalized spacial score (nSPS) is 20.0. The Bertz CT molecular complexity index is 1080. The zero-order valence-corrected chi connectivity index (χ0v) is 20.1. The van der Waals surface area contributed by atoms with Crippen molar-refractivity contribution in [2.24, 2.45) is 0 Å². The Hall–Kier alpha value is -3.46. The number of likely N-dealkylation sites (N-methyl/N-ethyl adjacent to an activating group) is 1. The lowest BCUT2D eigenvalue weighted by Crippen LogP contribution is -2.49. The molecule has 2 amide bonds. The molecule has 9 nitrogen and oxygen atoms in total. The van der Waals surface area contributed by atoms with Crippen molar-refractivity contribution < 1.29 is 33.3 Å². The molecule has 4 rings (SSSR count). The number of hydrogen-bond donors (Lipinski definition) is 0. The van der Waals surface area contributed by atoms with Crippen LogP contribution in [0.3, 0.4) is 0 Å². The van der Waals surface area contributed by atoms with Gasteiger partial charge in [0.1, 0.15) is 0 Å². The maximum absolute atomic E-state index is 14.0. The second-order valence-corrected chi connectivity index (χ2v) is 8.19. The molecule has 2 aromatic carbocycles. The van der Waals surface area contributed by atoms with Gasteiger partial charge in [0.15, 0.2) is 23.0 Å². The highest BCUT2D eigenvalue weighted by Crippen LogP contribution is 2.47. The van der Waals surface area contributed by atoms with Crippen LogP contribution in [-0.2, 0) is 9.53 Å². The number of carbonyl (C=O) groups is 2. The fourth-order valence-electron chi connectivity index (χ4n) is 4.75. The first-order valence-electron chi connectivity index (χ1n) is 11.1. The molecule has 2 aliphatic rings. The lowest BCUT2D eigenvalue weighted by atomic mass is 9.78. The molecular weight excluding hydrogens is 440 g/mol. The predicted octanol–water partition coefficient (Wildman–Crippen LogP) is 2.49. The average molecular weight is 471 g/mol. The molecule has 9 heteroatoms. The van der Waals surface area contributed by atoms with E-state index in [0.29, 0.717) is 60.4 Å². The van der Waals surface area contributed by atoms with E-state index in [4.69, 9.17) is 23.7 Å². The number of amides is 2. The Morgan fingerprint density at radius 2 is 1.47 bits per heavy atom. The zero-order chi connectivity index (χ0) is 24.4. The summed E-state index contributed by atoms with van der Waals surface area (Å²) in [6, 6.07) is 8.30. The van der Waals surface area contributed by atoms with E-state index in [1.54, 1.807) is 49.3 Å². The molecule has 0 saturated carbocycles. The summed E-state index contributed by atoms with van der Waals surface area (Å²) in [5, 5.41) is 0. The highest BCUT2D eigenvalue weighted by atomic mass is 16.5. The molecule has 2 aromatic rings. The van der Waals surface area contributed by atoms with E-state index < -0.39 is 12.0 Å². The molecule has 1 saturated heterocycles. The van der Waals surface area contributed by atoms with Gasteiger partial charge in [0, 0.05) is 25.7 Å². The van der Waals surface area contributed by atoms with E-state index >= 15 is 0 Å². The van der Waals surface area contributed by atoms with Gasteiger partial charge in [0.25, 0.3) is 5.91 Å². The van der Waals surface area contributed by atoms with Crippen LogP contribution in [0, 0.1) is 0 Å². The van der Waals surface area contributed by atoms with Crippen molar-refractivity contribution in [2.45, 2.75) is 12.0 Å². The van der Waals surface area contributed by atoms with Crippen molar-refractivity contribution in [1.29, 1.82) is 0 Å². The van der Waals surface area contributed by atoms with Crippen molar-refractivity contribution in [2.75, 3.05) is 61.8 Å². The number of carbonyl (C=O) groups excluding carboxylic acids is 2. The molecule has 0 N–H and O–H groups in total. The number of nitrogens with zero attached hydrogens (tertiary/aromatic N) is 2. The summed E-state index contributed by atoms with van der Waals surface area (Å²) >= 11 is 0. The summed E-state index contributed by atoms with van der Waals surface area (Å²) < 4.78 is 27.3. The molecule has 0 bridgehead atoms. The average Bonchev–Trinajstić information content (AvgIpc) is 2.89. The van der Waals surface area contributed by atoms with Gasteiger partial charge in [-0.05, 0) is 35.4 Å². The SMILES string of the molecule is COc1ccc([C@H]2[C@@H](C(=O)N3CCOCC3)c3cc(OC)c(OC)cc3C(=O)N2C)cc1OC. The fourth-order valence-corrected chi connectivity index (χ4v) is 4.75. The van der Waals surface area contributed by atoms with Crippen LogP contribution in [0.15, 0.2) is 30.3 Å². The number of hydrogen-bond acceptors (Lipinski definition) is 7. The van der Waals surface area contributed by atoms with E-state index in [1.165, 1.54) is 14.2 Å². The quantitative estimate of drug-likeness (QED) is 0.641. The molecule has 0 spiro atoms. The van der Waals surface area contributed by atoms with Gasteiger partial charge < -0.3 is 33.5 Å². The third-order valence-corrected chi connectivity index (χ3v) is 6.51. The first kappa shape index (κ1) is 23.7. The van der Waals surface area contributed by atoms with Gasteiger partial charge in [0.2, 0.25) is 5.91 Å².